The summed E-state index contributed by atoms with van der Waals surface area (Å²) in [4.78, 5) is 60.2. The van der Waals surface area contributed by atoms with Crippen LogP contribution < -0.4 is 31.7 Å². The van der Waals surface area contributed by atoms with Crippen LogP contribution in [0.5, 0.6) is 5.75 Å². The SMILES string of the molecule is CC.CCC.CNC(C=O)CCCNC(N)=O.CNc1ccc(COc2ccc([N+](=O)[O-])cc2)cc1.O=CCNC(=O)OCC1C2CCC#CCCC21.O=CO. The van der Waals surface area contributed by atoms with Crippen LogP contribution in [0, 0.1) is 39.7 Å². The number of primary amides is 1. The molecule has 2 aliphatic rings. The molecule has 1 saturated carbocycles. The number of amides is 3. The first-order valence-corrected chi connectivity index (χ1v) is 18.7. The number of benzene rings is 2. The topological polar surface area (TPSA) is 241 Å². The number of rotatable bonds is 15. The number of nitro groups is 1. The van der Waals surface area contributed by atoms with E-state index in [2.05, 4.69) is 47.0 Å². The van der Waals surface area contributed by atoms with E-state index in [4.69, 9.17) is 25.1 Å². The second kappa shape index (κ2) is 35.0. The molecule has 2 aliphatic carbocycles. The molecular formula is C40H62N6O10. The molecule has 0 heterocycles. The predicted octanol–water partition coefficient (Wildman–Crippen LogP) is 5.93. The van der Waals surface area contributed by atoms with Crippen LogP contribution in [-0.4, -0.2) is 81.0 Å². The molecule has 0 radical (unpaired) electrons. The minimum Gasteiger partial charge on any atom is -0.489 e. The Morgan fingerprint density at radius 3 is 1.98 bits per heavy atom. The molecule has 3 unspecified atom stereocenters. The van der Waals surface area contributed by atoms with Gasteiger partial charge in [0.25, 0.3) is 12.2 Å². The molecule has 0 bridgehead atoms. The van der Waals surface area contributed by atoms with Crippen LogP contribution >= 0.6 is 0 Å². The zero-order valence-electron chi connectivity index (χ0n) is 33.6. The van der Waals surface area contributed by atoms with Gasteiger partial charge in [-0.15, -0.1) is 11.8 Å². The second-order valence-corrected chi connectivity index (χ2v) is 11.8. The van der Waals surface area contributed by atoms with Gasteiger partial charge < -0.3 is 51.2 Å². The van der Waals surface area contributed by atoms with E-state index in [1.165, 1.54) is 18.6 Å². The van der Waals surface area contributed by atoms with Crippen LogP contribution in [-0.2, 0) is 25.7 Å². The molecule has 0 spiro atoms. The molecule has 3 atom stereocenters. The van der Waals surface area contributed by atoms with Crippen molar-refractivity contribution in [2.24, 2.45) is 23.5 Å². The first kappa shape index (κ1) is 52.4. The Morgan fingerprint density at radius 1 is 0.982 bits per heavy atom. The maximum Gasteiger partial charge on any atom is 0.407 e. The summed E-state index contributed by atoms with van der Waals surface area (Å²) in [5, 5.41) is 28.1. The molecule has 56 heavy (non-hydrogen) atoms. The molecule has 0 aromatic heterocycles. The number of urea groups is 1. The number of nitrogens with zero attached hydrogens (tertiary/aromatic N) is 1. The number of hydrogen-bond acceptors (Lipinski definition) is 11. The fraction of sp³-hybridized carbons (Fsp3) is 0.525. The van der Waals surface area contributed by atoms with Crippen molar-refractivity contribution < 1.29 is 43.5 Å². The molecule has 2 aromatic carbocycles. The van der Waals surface area contributed by atoms with E-state index in [0.29, 0.717) is 56.0 Å². The zero-order chi connectivity index (χ0) is 42.6. The summed E-state index contributed by atoms with van der Waals surface area (Å²) in [5.74, 6) is 8.78. The molecule has 0 aliphatic heterocycles. The summed E-state index contributed by atoms with van der Waals surface area (Å²) in [6, 6.07) is 13.3. The van der Waals surface area contributed by atoms with E-state index >= 15 is 0 Å². The Morgan fingerprint density at radius 2 is 1.54 bits per heavy atom. The lowest BCUT2D eigenvalue weighted by atomic mass is 10.1. The average Bonchev–Trinajstić information content (AvgIpc) is 3.85. The van der Waals surface area contributed by atoms with Crippen LogP contribution in [0.1, 0.15) is 78.2 Å². The van der Waals surface area contributed by atoms with Crippen molar-refractivity contribution in [3.63, 3.8) is 0 Å². The Hall–Kier alpha value is -5.69. The van der Waals surface area contributed by atoms with Gasteiger partial charge in [0.15, 0.2) is 0 Å². The van der Waals surface area contributed by atoms with Gasteiger partial charge in [0.2, 0.25) is 0 Å². The summed E-state index contributed by atoms with van der Waals surface area (Å²) in [7, 11) is 3.59. The number of hydrogen-bond donors (Lipinski definition) is 6. The highest BCUT2D eigenvalue weighted by atomic mass is 16.6. The van der Waals surface area contributed by atoms with Crippen molar-refractivity contribution >= 4 is 42.5 Å². The van der Waals surface area contributed by atoms with Gasteiger partial charge in [0, 0.05) is 44.3 Å². The third-order valence-electron chi connectivity index (χ3n) is 7.80. The van der Waals surface area contributed by atoms with Gasteiger partial charge in [-0.2, -0.15) is 0 Å². The van der Waals surface area contributed by atoms with Crippen LogP contribution in [0.15, 0.2) is 48.5 Å². The Labute approximate surface area is 331 Å². The van der Waals surface area contributed by atoms with Gasteiger partial charge in [-0.25, -0.2) is 9.59 Å². The third-order valence-corrected chi connectivity index (χ3v) is 7.80. The molecule has 16 heteroatoms. The monoisotopic (exact) mass is 786 g/mol. The highest BCUT2D eigenvalue weighted by Crippen LogP contribution is 2.52. The van der Waals surface area contributed by atoms with E-state index in [-0.39, 0.29) is 24.7 Å². The number of carbonyl (C=O) groups is 5. The quantitative estimate of drug-likeness (QED) is 0.0405. The smallest absolute Gasteiger partial charge is 0.407 e. The molecule has 1 fully saturated rings. The number of non-ortho nitro benzene ring substituents is 1. The van der Waals surface area contributed by atoms with Gasteiger partial charge in [-0.3, -0.25) is 14.9 Å². The molecule has 16 nitrogen and oxygen atoms in total. The molecule has 312 valence electrons. The van der Waals surface area contributed by atoms with Crippen molar-refractivity contribution in [2.75, 3.05) is 39.1 Å². The fourth-order valence-corrected chi connectivity index (χ4v) is 5.04. The van der Waals surface area contributed by atoms with Gasteiger partial charge in [0.05, 0.1) is 24.1 Å². The van der Waals surface area contributed by atoms with Crippen LogP contribution in [0.2, 0.25) is 0 Å². The molecule has 3 amide bonds. The number of alkyl carbamates (subject to hydrolysis) is 1. The number of anilines is 1. The van der Waals surface area contributed by atoms with Crippen LogP contribution in [0.3, 0.4) is 0 Å². The van der Waals surface area contributed by atoms with E-state index in [1.54, 1.807) is 19.2 Å². The Balaban J connectivity index is 0. The van der Waals surface area contributed by atoms with Crippen molar-refractivity contribution in [3.05, 3.63) is 64.2 Å². The Kier molecular flexibility index (Phi) is 32.8. The van der Waals surface area contributed by atoms with Crippen LogP contribution in [0.25, 0.3) is 0 Å². The number of nitro benzene ring substituents is 1. The van der Waals surface area contributed by atoms with Gasteiger partial charge in [-0.1, -0.05) is 46.2 Å². The number of aldehydes is 2. The van der Waals surface area contributed by atoms with Crippen molar-refractivity contribution in [1.29, 1.82) is 0 Å². The second-order valence-electron chi connectivity index (χ2n) is 11.8. The molecule has 7 N–H and O–H groups in total. The van der Waals surface area contributed by atoms with Gasteiger partial charge in [-0.05, 0) is 80.3 Å². The molecule has 4 rings (SSSR count). The number of nitrogens with one attached hydrogen (secondary N) is 4. The number of carbonyl (C=O) groups excluding carboxylic acids is 4. The number of ether oxygens (including phenoxy) is 2. The minimum atomic E-state index is -0.526. The maximum atomic E-state index is 11.2. The summed E-state index contributed by atoms with van der Waals surface area (Å²) in [5.41, 5.74) is 6.98. The summed E-state index contributed by atoms with van der Waals surface area (Å²) in [6.07, 6.45) is 7.89. The molecule has 2 aromatic rings. The van der Waals surface area contributed by atoms with E-state index in [0.717, 1.165) is 49.6 Å². The number of nitrogens with two attached hydrogens (primary N) is 1. The first-order valence-electron chi connectivity index (χ1n) is 18.7. The van der Waals surface area contributed by atoms with E-state index in [1.807, 2.05) is 45.2 Å². The van der Waals surface area contributed by atoms with Gasteiger partial charge in [0.1, 0.15) is 24.9 Å². The fourth-order valence-electron chi connectivity index (χ4n) is 5.04. The number of carboxylic acid groups (broad SMARTS) is 1. The van der Waals surface area contributed by atoms with Crippen molar-refractivity contribution in [2.45, 2.75) is 85.3 Å². The standard InChI is InChI=1S/C14H14N2O3.C13H17NO3.C7H15N3O2.C3H8.C2H6.CH2O2/c1-15-12-4-2-11(3-5-12)10-19-14-8-6-13(7-9-14)16(17)18;15-8-7-14-13(16)17-9-12-10-5-3-1-2-4-6-11(10)12;1-9-6(5-11)3-2-4-10-7(8)12;1-3-2;1-2;2-1-3/h2-9,15H,10H2,1H3;8,10-12H,3-7,9H2,(H,14,16);5-6,9H,2-4H2,1H3,(H3,8,10,12);3H2,1-2H3;1-2H3;1H,(H,2,3). The largest absolute Gasteiger partial charge is 0.489 e. The lowest BCUT2D eigenvalue weighted by Crippen LogP contribution is -2.32. The predicted molar refractivity (Wildman–Crippen MR) is 217 cm³/mol. The zero-order valence-corrected chi connectivity index (χ0v) is 33.6. The number of likely N-dealkylation sites (N-methyl/N-ethyl adjacent to an activating group) is 1. The summed E-state index contributed by atoms with van der Waals surface area (Å²) < 4.78 is 10.6. The maximum absolute atomic E-state index is 11.2. The highest BCUT2D eigenvalue weighted by Gasteiger charge is 2.49. The highest BCUT2D eigenvalue weighted by molar-refractivity contribution is 5.71. The van der Waals surface area contributed by atoms with E-state index in [9.17, 15) is 29.3 Å². The lowest BCUT2D eigenvalue weighted by molar-refractivity contribution is -0.384. The third kappa shape index (κ3) is 26.1. The first-order chi connectivity index (χ1) is 27.0. The van der Waals surface area contributed by atoms with Crippen molar-refractivity contribution in [1.82, 2.24) is 16.0 Å². The van der Waals surface area contributed by atoms with Crippen LogP contribution in [0.4, 0.5) is 21.0 Å². The van der Waals surface area contributed by atoms with Crippen molar-refractivity contribution in [3.8, 4) is 17.6 Å². The summed E-state index contributed by atoms with van der Waals surface area (Å²) in [6.45, 7) is 9.44. The van der Waals surface area contributed by atoms with Gasteiger partial charge >= 0.3 is 12.1 Å². The number of fused-ring (bicyclic) bond motifs is 1. The summed E-state index contributed by atoms with van der Waals surface area (Å²) >= 11 is 0. The lowest BCUT2D eigenvalue weighted by Gasteiger charge is -2.07. The average molecular weight is 787 g/mol. The molecule has 0 saturated heterocycles. The normalized spacial score (nSPS) is 15.6. The minimum absolute atomic E-state index is 0.0181. The molecular weight excluding hydrogens is 724 g/mol. The van der Waals surface area contributed by atoms with E-state index < -0.39 is 17.0 Å². The Bertz CT molecular complexity index is 1410.